The minimum absolute atomic E-state index is 0.217. The normalized spacial score (nSPS) is 18.8. The van der Waals surface area contributed by atoms with Crippen LogP contribution in [-0.4, -0.2) is 15.4 Å². The van der Waals surface area contributed by atoms with Crippen LogP contribution in [0.2, 0.25) is 0 Å². The summed E-state index contributed by atoms with van der Waals surface area (Å²) in [7, 11) is 0. The zero-order valence-corrected chi connectivity index (χ0v) is 12.8. The molecule has 2 aromatic rings. The number of nitrogens with zero attached hydrogens (tertiary/aromatic N) is 2. The second-order valence-electron chi connectivity index (χ2n) is 6.55. The molecule has 0 unspecified atom stereocenters. The number of imidazole rings is 1. The van der Waals surface area contributed by atoms with Crippen molar-refractivity contribution >= 4 is 22.6 Å². The maximum atomic E-state index is 13.4. The van der Waals surface area contributed by atoms with Gasteiger partial charge in [-0.05, 0) is 55.6 Å². The number of aryl methyl sites for hydroxylation is 1. The van der Waals surface area contributed by atoms with Crippen molar-refractivity contribution in [3.63, 3.8) is 0 Å². The van der Waals surface area contributed by atoms with Gasteiger partial charge in [-0.25, -0.2) is 9.37 Å². The van der Waals surface area contributed by atoms with Crippen molar-refractivity contribution in [2.45, 2.75) is 38.6 Å². The minimum atomic E-state index is -0.217. The van der Waals surface area contributed by atoms with Crippen LogP contribution in [-0.2, 0) is 13.0 Å². The standard InChI is InChI=1S/C17H20ClFN2/c18-8-7-17-20-15-9-13(19)5-6-16(15)21(17)10-14(11-1-2-11)12-3-4-12/h5-6,9,11-12,14H,1-4,7-8,10H2. The lowest BCUT2D eigenvalue weighted by Crippen LogP contribution is -2.17. The van der Waals surface area contributed by atoms with E-state index in [4.69, 9.17) is 11.6 Å². The monoisotopic (exact) mass is 306 g/mol. The molecule has 112 valence electrons. The van der Waals surface area contributed by atoms with E-state index in [0.29, 0.717) is 5.88 Å². The molecule has 2 saturated carbocycles. The molecule has 2 fully saturated rings. The number of aromatic nitrogens is 2. The first kappa shape index (κ1) is 13.6. The molecule has 2 aliphatic rings. The number of alkyl halides is 1. The number of fused-ring (bicyclic) bond motifs is 1. The van der Waals surface area contributed by atoms with Crippen molar-refractivity contribution in [3.05, 3.63) is 29.8 Å². The quantitative estimate of drug-likeness (QED) is 0.724. The van der Waals surface area contributed by atoms with E-state index in [1.807, 2.05) is 6.07 Å². The molecule has 21 heavy (non-hydrogen) atoms. The Morgan fingerprint density at radius 1 is 1.24 bits per heavy atom. The number of benzene rings is 1. The van der Waals surface area contributed by atoms with Crippen molar-refractivity contribution in [2.24, 2.45) is 17.8 Å². The largest absolute Gasteiger partial charge is 0.328 e. The van der Waals surface area contributed by atoms with E-state index < -0.39 is 0 Å². The third-order valence-corrected chi connectivity index (χ3v) is 5.14. The average Bonchev–Trinajstić information content (AvgIpc) is 3.35. The molecule has 0 atom stereocenters. The van der Waals surface area contributed by atoms with Gasteiger partial charge in [-0.2, -0.15) is 0 Å². The highest BCUT2D eigenvalue weighted by molar-refractivity contribution is 6.17. The summed E-state index contributed by atoms with van der Waals surface area (Å²) in [6, 6.07) is 4.94. The first-order chi connectivity index (χ1) is 10.3. The van der Waals surface area contributed by atoms with Crippen LogP contribution in [0.15, 0.2) is 18.2 Å². The molecule has 0 bridgehead atoms. The summed E-state index contributed by atoms with van der Waals surface area (Å²) in [4.78, 5) is 4.61. The smallest absolute Gasteiger partial charge is 0.125 e. The van der Waals surface area contributed by atoms with Gasteiger partial charge in [-0.3, -0.25) is 0 Å². The second-order valence-corrected chi connectivity index (χ2v) is 6.93. The molecular weight excluding hydrogens is 287 g/mol. The van der Waals surface area contributed by atoms with Gasteiger partial charge in [-0.15, -0.1) is 11.6 Å². The average molecular weight is 307 g/mol. The van der Waals surface area contributed by atoms with Crippen molar-refractivity contribution in [2.75, 3.05) is 5.88 Å². The molecule has 1 aromatic carbocycles. The van der Waals surface area contributed by atoms with Crippen molar-refractivity contribution in [3.8, 4) is 0 Å². The number of halogens is 2. The Hall–Kier alpha value is -1.09. The Labute approximate surface area is 129 Å². The first-order valence-corrected chi connectivity index (χ1v) is 8.50. The van der Waals surface area contributed by atoms with E-state index in [-0.39, 0.29) is 5.82 Å². The molecule has 0 N–H and O–H groups in total. The highest BCUT2D eigenvalue weighted by Crippen LogP contribution is 2.50. The third-order valence-electron chi connectivity index (χ3n) is 4.96. The number of hydrogen-bond acceptors (Lipinski definition) is 1. The molecule has 0 spiro atoms. The van der Waals surface area contributed by atoms with Gasteiger partial charge in [0.05, 0.1) is 11.0 Å². The topological polar surface area (TPSA) is 17.8 Å². The zero-order chi connectivity index (χ0) is 14.4. The Balaban J connectivity index is 1.72. The molecule has 1 aromatic heterocycles. The van der Waals surface area contributed by atoms with Gasteiger partial charge >= 0.3 is 0 Å². The molecule has 0 saturated heterocycles. The molecular formula is C17H20ClFN2. The van der Waals surface area contributed by atoms with E-state index in [0.717, 1.165) is 47.6 Å². The highest BCUT2D eigenvalue weighted by atomic mass is 35.5. The van der Waals surface area contributed by atoms with Crippen molar-refractivity contribution < 1.29 is 4.39 Å². The van der Waals surface area contributed by atoms with Crippen LogP contribution in [0.3, 0.4) is 0 Å². The summed E-state index contributed by atoms with van der Waals surface area (Å²) in [5.74, 6) is 3.94. The summed E-state index contributed by atoms with van der Waals surface area (Å²) in [5.41, 5.74) is 1.82. The lowest BCUT2D eigenvalue weighted by atomic mass is 9.97. The van der Waals surface area contributed by atoms with E-state index in [2.05, 4.69) is 9.55 Å². The summed E-state index contributed by atoms with van der Waals surface area (Å²) in [5, 5.41) is 0. The minimum Gasteiger partial charge on any atom is -0.328 e. The first-order valence-electron chi connectivity index (χ1n) is 7.97. The zero-order valence-electron chi connectivity index (χ0n) is 12.1. The van der Waals surface area contributed by atoms with Crippen LogP contribution in [0.4, 0.5) is 4.39 Å². The molecule has 2 nitrogen and oxygen atoms in total. The molecule has 2 aliphatic carbocycles. The third kappa shape index (κ3) is 2.68. The fraction of sp³-hybridized carbons (Fsp3) is 0.588. The van der Waals surface area contributed by atoms with Gasteiger partial charge in [0.2, 0.25) is 0 Å². The SMILES string of the molecule is Fc1ccc2c(c1)nc(CCCl)n2CC(C1CC1)C1CC1. The maximum Gasteiger partial charge on any atom is 0.125 e. The number of hydrogen-bond donors (Lipinski definition) is 0. The van der Waals surface area contributed by atoms with Crippen LogP contribution < -0.4 is 0 Å². The van der Waals surface area contributed by atoms with Crippen LogP contribution in [0.5, 0.6) is 0 Å². The predicted molar refractivity (Wildman–Crippen MR) is 83.1 cm³/mol. The van der Waals surface area contributed by atoms with Gasteiger partial charge < -0.3 is 4.57 Å². The molecule has 0 amide bonds. The summed E-state index contributed by atoms with van der Waals surface area (Å²) < 4.78 is 15.7. The van der Waals surface area contributed by atoms with E-state index >= 15 is 0 Å². The Bertz CT molecular complexity index is 646. The molecule has 0 radical (unpaired) electrons. The Kier molecular flexibility index (Phi) is 3.41. The van der Waals surface area contributed by atoms with Crippen LogP contribution in [0.25, 0.3) is 11.0 Å². The molecule has 1 heterocycles. The fourth-order valence-corrected chi connectivity index (χ4v) is 3.74. The summed E-state index contributed by atoms with van der Waals surface area (Å²) in [6.07, 6.45) is 6.28. The molecule has 4 rings (SSSR count). The van der Waals surface area contributed by atoms with Crippen LogP contribution >= 0.6 is 11.6 Å². The van der Waals surface area contributed by atoms with Crippen molar-refractivity contribution in [1.82, 2.24) is 9.55 Å². The second kappa shape index (κ2) is 5.28. The van der Waals surface area contributed by atoms with Crippen LogP contribution in [0, 0.1) is 23.6 Å². The van der Waals surface area contributed by atoms with Crippen molar-refractivity contribution in [1.29, 1.82) is 0 Å². The lowest BCUT2D eigenvalue weighted by Gasteiger charge is -2.18. The number of rotatable bonds is 6. The summed E-state index contributed by atoms with van der Waals surface area (Å²) >= 11 is 5.93. The maximum absolute atomic E-state index is 13.4. The molecule has 4 heteroatoms. The van der Waals surface area contributed by atoms with Gasteiger partial charge in [0.25, 0.3) is 0 Å². The van der Waals surface area contributed by atoms with Crippen LogP contribution in [0.1, 0.15) is 31.5 Å². The fourth-order valence-electron chi connectivity index (χ4n) is 3.57. The van der Waals surface area contributed by atoms with E-state index in [9.17, 15) is 4.39 Å². The molecule has 0 aliphatic heterocycles. The van der Waals surface area contributed by atoms with Gasteiger partial charge in [0.1, 0.15) is 11.6 Å². The Morgan fingerprint density at radius 3 is 2.57 bits per heavy atom. The van der Waals surface area contributed by atoms with E-state index in [1.165, 1.54) is 37.8 Å². The van der Waals surface area contributed by atoms with Gasteiger partial charge in [0.15, 0.2) is 0 Å². The Morgan fingerprint density at radius 2 is 1.95 bits per heavy atom. The van der Waals surface area contributed by atoms with Gasteiger partial charge in [-0.1, -0.05) is 0 Å². The summed E-state index contributed by atoms with van der Waals surface area (Å²) in [6.45, 7) is 1.03. The lowest BCUT2D eigenvalue weighted by molar-refractivity contribution is 0.349. The van der Waals surface area contributed by atoms with E-state index in [1.54, 1.807) is 0 Å². The highest BCUT2D eigenvalue weighted by Gasteiger charge is 2.41. The van der Waals surface area contributed by atoms with Gasteiger partial charge in [0, 0.05) is 24.9 Å². The predicted octanol–water partition coefficient (Wildman–Crippen LogP) is 4.39.